The van der Waals surface area contributed by atoms with Crippen molar-refractivity contribution in [2.75, 3.05) is 6.61 Å². The van der Waals surface area contributed by atoms with Crippen LogP contribution in [0.3, 0.4) is 0 Å². The molecule has 5 heteroatoms. The first-order valence-electron chi connectivity index (χ1n) is 10.9. The summed E-state index contributed by atoms with van der Waals surface area (Å²) in [7, 11) is 0. The molecule has 0 aromatic heterocycles. The van der Waals surface area contributed by atoms with Gasteiger partial charge in [-0.3, -0.25) is 9.59 Å². The Morgan fingerprint density at radius 2 is 2.07 bits per heavy atom. The molecule has 8 atom stereocenters. The highest BCUT2D eigenvalue weighted by molar-refractivity contribution is 5.91. The summed E-state index contributed by atoms with van der Waals surface area (Å²) in [4.78, 5) is 23.2. The number of carbonyl (C=O) groups is 2. The highest BCUT2D eigenvalue weighted by Gasteiger charge is 2.75. The predicted octanol–water partition coefficient (Wildman–Crippen LogP) is 3.19. The summed E-state index contributed by atoms with van der Waals surface area (Å²) in [6, 6.07) is 0. The van der Waals surface area contributed by atoms with Crippen LogP contribution in [0.1, 0.15) is 65.7 Å². The second-order valence-electron chi connectivity index (χ2n) is 10.4. The van der Waals surface area contributed by atoms with E-state index in [1.807, 2.05) is 6.08 Å². The van der Waals surface area contributed by atoms with Crippen molar-refractivity contribution < 1.29 is 24.2 Å². The van der Waals surface area contributed by atoms with E-state index in [-0.39, 0.29) is 46.3 Å². The number of ether oxygens (including phenoxy) is 2. The van der Waals surface area contributed by atoms with Gasteiger partial charge in [-0.05, 0) is 67.8 Å². The molecule has 0 aromatic carbocycles. The van der Waals surface area contributed by atoms with Crippen molar-refractivity contribution in [2.24, 2.45) is 28.6 Å². The molecule has 28 heavy (non-hydrogen) atoms. The maximum absolute atomic E-state index is 12.0. The Hall–Kier alpha value is -1.20. The van der Waals surface area contributed by atoms with E-state index < -0.39 is 0 Å². The first-order chi connectivity index (χ1) is 13.2. The maximum atomic E-state index is 12.0. The average Bonchev–Trinajstić information content (AvgIpc) is 3.27. The van der Waals surface area contributed by atoms with Crippen LogP contribution in [-0.4, -0.2) is 41.3 Å². The summed E-state index contributed by atoms with van der Waals surface area (Å²) in [5.41, 5.74) is 0.921. The number of aliphatic hydroxyl groups is 1. The van der Waals surface area contributed by atoms with Crippen molar-refractivity contribution in [2.45, 2.75) is 83.5 Å². The van der Waals surface area contributed by atoms with Crippen LogP contribution >= 0.6 is 0 Å². The number of fused-ring (bicyclic) bond motifs is 6. The fraction of sp³-hybridized carbons (Fsp3) is 0.826. The fourth-order valence-corrected chi connectivity index (χ4v) is 8.01. The van der Waals surface area contributed by atoms with Gasteiger partial charge < -0.3 is 14.6 Å². The molecule has 0 unspecified atom stereocenters. The Morgan fingerprint density at radius 1 is 1.29 bits per heavy atom. The molecule has 1 saturated heterocycles. The van der Waals surface area contributed by atoms with E-state index in [1.165, 1.54) is 12.5 Å². The van der Waals surface area contributed by atoms with Crippen molar-refractivity contribution in [3.63, 3.8) is 0 Å². The standard InChI is InChI=1S/C23H32O5/c1-13(24)27-12-19-23(28-19)9-7-17-16-5-4-14-10-15(25)6-8-21(14,2)20(16)18(26)11-22(17,23)3/h10,16-20,26H,4-9,11-12H2,1-3H3/t16-,17-,18-,19-,20+,21-,22-,23+/m0/s1. The van der Waals surface area contributed by atoms with Crippen molar-refractivity contribution in [3.8, 4) is 0 Å². The SMILES string of the molecule is CC(=O)OC[C@@H]1O[C@]12CC[C@H]1[C@@H]3CCC4=CC(=O)CC[C@]4(C)[C@H]3[C@@H](O)C[C@@]12C. The largest absolute Gasteiger partial charge is 0.463 e. The molecule has 5 aliphatic rings. The van der Waals surface area contributed by atoms with Gasteiger partial charge in [-0.2, -0.15) is 0 Å². The zero-order valence-electron chi connectivity index (χ0n) is 17.2. The van der Waals surface area contributed by atoms with Gasteiger partial charge in [0.15, 0.2) is 5.78 Å². The van der Waals surface area contributed by atoms with Crippen molar-refractivity contribution in [1.82, 2.24) is 0 Å². The fourth-order valence-electron chi connectivity index (χ4n) is 8.01. The molecule has 4 fully saturated rings. The number of hydrogen-bond acceptors (Lipinski definition) is 5. The minimum absolute atomic E-state index is 0.0305. The molecule has 1 aliphatic heterocycles. The molecule has 1 heterocycles. The molecule has 3 saturated carbocycles. The number of esters is 1. The second kappa shape index (κ2) is 5.91. The third kappa shape index (κ3) is 2.32. The Bertz CT molecular complexity index is 758. The van der Waals surface area contributed by atoms with E-state index in [2.05, 4.69) is 13.8 Å². The molecule has 0 aromatic rings. The molecule has 5 nitrogen and oxygen atoms in total. The maximum Gasteiger partial charge on any atom is 0.302 e. The number of rotatable bonds is 2. The molecule has 0 radical (unpaired) electrons. The normalized spacial score (nSPS) is 51.8. The number of allylic oxidation sites excluding steroid dienone is 1. The average molecular weight is 389 g/mol. The van der Waals surface area contributed by atoms with E-state index >= 15 is 0 Å². The van der Waals surface area contributed by atoms with Crippen LogP contribution in [0, 0.1) is 28.6 Å². The lowest BCUT2D eigenvalue weighted by Gasteiger charge is -2.59. The van der Waals surface area contributed by atoms with Gasteiger partial charge in [0.05, 0.1) is 6.10 Å². The topological polar surface area (TPSA) is 76.1 Å². The molecular formula is C23H32O5. The zero-order chi connectivity index (χ0) is 19.9. The molecule has 154 valence electrons. The monoisotopic (exact) mass is 388 g/mol. The van der Waals surface area contributed by atoms with Crippen molar-refractivity contribution >= 4 is 11.8 Å². The van der Waals surface area contributed by atoms with E-state index in [0.29, 0.717) is 24.9 Å². The van der Waals surface area contributed by atoms with Crippen molar-refractivity contribution in [1.29, 1.82) is 0 Å². The zero-order valence-corrected chi connectivity index (χ0v) is 17.2. The van der Waals surface area contributed by atoms with Gasteiger partial charge in [0.25, 0.3) is 0 Å². The van der Waals surface area contributed by atoms with Crippen LogP contribution in [0.25, 0.3) is 0 Å². The van der Waals surface area contributed by atoms with Gasteiger partial charge in [-0.1, -0.05) is 19.4 Å². The van der Waals surface area contributed by atoms with E-state index in [9.17, 15) is 14.7 Å². The lowest BCUT2D eigenvalue weighted by atomic mass is 9.46. The van der Waals surface area contributed by atoms with Crippen LogP contribution in [0.15, 0.2) is 11.6 Å². The number of ketones is 1. The molecular weight excluding hydrogens is 356 g/mol. The quantitative estimate of drug-likeness (QED) is 0.581. The number of epoxide rings is 1. The highest BCUT2D eigenvalue weighted by atomic mass is 16.6. The first kappa shape index (κ1) is 18.8. The lowest BCUT2D eigenvalue weighted by Crippen LogP contribution is -2.58. The number of aliphatic hydroxyl groups excluding tert-OH is 1. The summed E-state index contributed by atoms with van der Waals surface area (Å²) in [5.74, 6) is 1.22. The van der Waals surface area contributed by atoms with Gasteiger partial charge in [0.1, 0.15) is 18.3 Å². The molecule has 1 N–H and O–H groups in total. The first-order valence-corrected chi connectivity index (χ1v) is 10.9. The minimum atomic E-state index is -0.373. The van der Waals surface area contributed by atoms with Gasteiger partial charge in [0, 0.05) is 18.8 Å². The van der Waals surface area contributed by atoms with Crippen LogP contribution in [0.4, 0.5) is 0 Å². The predicted molar refractivity (Wildman–Crippen MR) is 102 cm³/mol. The number of carbonyl (C=O) groups excluding carboxylic acids is 2. The van der Waals surface area contributed by atoms with Gasteiger partial charge in [-0.15, -0.1) is 0 Å². The van der Waals surface area contributed by atoms with Crippen LogP contribution in [0.2, 0.25) is 0 Å². The van der Waals surface area contributed by atoms with Crippen LogP contribution in [-0.2, 0) is 19.1 Å². The summed E-state index contributed by atoms with van der Waals surface area (Å²) in [6.45, 7) is 6.35. The summed E-state index contributed by atoms with van der Waals surface area (Å²) >= 11 is 0. The van der Waals surface area contributed by atoms with E-state index in [1.54, 1.807) is 0 Å². The van der Waals surface area contributed by atoms with Crippen LogP contribution in [0.5, 0.6) is 0 Å². The van der Waals surface area contributed by atoms with Gasteiger partial charge in [0.2, 0.25) is 0 Å². The van der Waals surface area contributed by atoms with E-state index in [4.69, 9.17) is 9.47 Å². The molecule has 5 rings (SSSR count). The summed E-state index contributed by atoms with van der Waals surface area (Å²) in [5, 5.41) is 11.4. The lowest BCUT2D eigenvalue weighted by molar-refractivity contribution is -0.141. The van der Waals surface area contributed by atoms with Crippen LogP contribution < -0.4 is 0 Å². The molecule has 1 spiro atoms. The van der Waals surface area contributed by atoms with Gasteiger partial charge in [-0.25, -0.2) is 0 Å². The third-order valence-corrected chi connectivity index (χ3v) is 9.33. The van der Waals surface area contributed by atoms with E-state index in [0.717, 1.165) is 38.5 Å². The Labute approximate surface area is 166 Å². The molecule has 4 aliphatic carbocycles. The Kier molecular flexibility index (Phi) is 3.97. The summed E-state index contributed by atoms with van der Waals surface area (Å²) < 4.78 is 11.5. The minimum Gasteiger partial charge on any atom is -0.463 e. The highest BCUT2D eigenvalue weighted by Crippen LogP contribution is 2.72. The Balaban J connectivity index is 1.43. The van der Waals surface area contributed by atoms with Crippen molar-refractivity contribution in [3.05, 3.63) is 11.6 Å². The number of hydrogen-bond donors (Lipinski definition) is 1. The molecule has 0 bridgehead atoms. The Morgan fingerprint density at radius 3 is 2.82 bits per heavy atom. The van der Waals surface area contributed by atoms with Gasteiger partial charge >= 0.3 is 5.97 Å². The third-order valence-electron chi connectivity index (χ3n) is 9.33. The molecule has 0 amide bonds. The second-order valence-corrected chi connectivity index (χ2v) is 10.4. The smallest absolute Gasteiger partial charge is 0.302 e. The summed E-state index contributed by atoms with van der Waals surface area (Å²) in [6.07, 6.45) is 7.85.